The Morgan fingerprint density at radius 2 is 1.83 bits per heavy atom. The summed E-state index contributed by atoms with van der Waals surface area (Å²) in [6, 6.07) is 12.1. The third-order valence-corrected chi connectivity index (χ3v) is 6.34. The molecule has 1 aliphatic rings. The first-order valence-corrected chi connectivity index (χ1v) is 11.8. The first-order chi connectivity index (χ1) is 16.8. The Balaban J connectivity index is 1.50. The van der Waals surface area contributed by atoms with Gasteiger partial charge in [0.15, 0.2) is 0 Å². The second-order valence-electron chi connectivity index (χ2n) is 9.31. The number of hydrogen-bond acceptors (Lipinski definition) is 7. The van der Waals surface area contributed by atoms with E-state index < -0.39 is 0 Å². The fourth-order valence-electron chi connectivity index (χ4n) is 4.35. The molecule has 1 aromatic carbocycles. The largest absolute Gasteiger partial charge is 0.382 e. The Morgan fingerprint density at radius 1 is 1.06 bits per heavy atom. The molecule has 1 amide bonds. The van der Waals surface area contributed by atoms with Gasteiger partial charge in [0.25, 0.3) is 5.91 Å². The summed E-state index contributed by atoms with van der Waals surface area (Å²) in [5, 5.41) is 4.87. The van der Waals surface area contributed by atoms with Gasteiger partial charge in [-0.15, -0.1) is 0 Å². The second-order valence-corrected chi connectivity index (χ2v) is 9.31. The minimum Gasteiger partial charge on any atom is -0.382 e. The number of pyridine rings is 2. The number of carbonyl (C=O) groups is 1. The molecule has 1 N–H and O–H groups in total. The van der Waals surface area contributed by atoms with E-state index in [1.807, 2.05) is 55.5 Å². The van der Waals surface area contributed by atoms with Crippen molar-refractivity contribution in [3.8, 4) is 0 Å². The van der Waals surface area contributed by atoms with Crippen LogP contribution in [0.5, 0.6) is 0 Å². The van der Waals surface area contributed by atoms with Crippen LogP contribution in [0.1, 0.15) is 28.8 Å². The van der Waals surface area contributed by atoms with E-state index in [9.17, 15) is 4.79 Å². The minimum absolute atomic E-state index is 0.208. The molecular formula is C27H33N7O. The summed E-state index contributed by atoms with van der Waals surface area (Å²) in [4.78, 5) is 32.6. The highest BCUT2D eigenvalue weighted by molar-refractivity contribution is 6.05. The Kier molecular flexibility index (Phi) is 7.41. The fourth-order valence-corrected chi connectivity index (χ4v) is 4.35. The number of aromatic nitrogens is 2. The van der Waals surface area contributed by atoms with E-state index in [1.165, 1.54) is 0 Å². The number of amides is 1. The molecule has 3 heterocycles. The molecular weight excluding hydrogens is 438 g/mol. The highest BCUT2D eigenvalue weighted by Gasteiger charge is 2.22. The molecule has 1 fully saturated rings. The summed E-state index contributed by atoms with van der Waals surface area (Å²) in [5.41, 5.74) is 2.28. The van der Waals surface area contributed by atoms with E-state index in [2.05, 4.69) is 50.9 Å². The molecule has 0 bridgehead atoms. The van der Waals surface area contributed by atoms with Crippen molar-refractivity contribution < 1.29 is 4.79 Å². The summed E-state index contributed by atoms with van der Waals surface area (Å²) < 4.78 is 0. The lowest BCUT2D eigenvalue weighted by molar-refractivity contribution is 0.102. The summed E-state index contributed by atoms with van der Waals surface area (Å²) in [7, 11) is 8.14. The highest BCUT2D eigenvalue weighted by atomic mass is 16.1. The molecule has 0 atom stereocenters. The van der Waals surface area contributed by atoms with Crippen LogP contribution in [-0.4, -0.2) is 79.7 Å². The zero-order valence-corrected chi connectivity index (χ0v) is 20.9. The molecule has 0 spiro atoms. The van der Waals surface area contributed by atoms with Crippen LogP contribution in [0.15, 0.2) is 60.0 Å². The van der Waals surface area contributed by atoms with Crippen LogP contribution in [0.4, 0.5) is 11.6 Å². The third-order valence-electron chi connectivity index (χ3n) is 6.34. The monoisotopic (exact) mass is 471 g/mol. The molecule has 0 unspecified atom stereocenters. The zero-order chi connectivity index (χ0) is 24.9. The number of hydrogen-bond donors (Lipinski definition) is 1. The number of fused-ring (bicyclic) bond motifs is 1. The van der Waals surface area contributed by atoms with Gasteiger partial charge in [-0.1, -0.05) is 12.1 Å². The van der Waals surface area contributed by atoms with E-state index >= 15 is 0 Å². The summed E-state index contributed by atoms with van der Waals surface area (Å²) in [6.45, 7) is 5.55. The van der Waals surface area contributed by atoms with Gasteiger partial charge in [-0.25, -0.2) is 9.97 Å². The summed E-state index contributed by atoms with van der Waals surface area (Å²) in [6.07, 6.45) is 7.55. The Morgan fingerprint density at radius 3 is 2.51 bits per heavy atom. The molecule has 8 heteroatoms. The molecule has 1 saturated heterocycles. The van der Waals surface area contributed by atoms with Gasteiger partial charge in [-0.05, 0) is 63.3 Å². The normalized spacial score (nSPS) is 14.9. The maximum atomic E-state index is 13.0. The van der Waals surface area contributed by atoms with Crippen LogP contribution in [0, 0.1) is 0 Å². The molecule has 2 aromatic heterocycles. The van der Waals surface area contributed by atoms with E-state index in [-0.39, 0.29) is 5.91 Å². The number of carbonyl (C=O) groups excluding carboxylic acids is 1. The number of rotatable bonds is 7. The van der Waals surface area contributed by atoms with Gasteiger partial charge in [0.05, 0.1) is 5.70 Å². The Hall–Kier alpha value is -3.78. The van der Waals surface area contributed by atoms with Gasteiger partial charge in [0, 0.05) is 68.3 Å². The molecule has 182 valence electrons. The van der Waals surface area contributed by atoms with Crippen LogP contribution in [-0.2, 0) is 0 Å². The number of benzene rings is 1. The first-order valence-electron chi connectivity index (χ1n) is 11.8. The van der Waals surface area contributed by atoms with Crippen molar-refractivity contribution in [2.45, 2.75) is 18.9 Å². The topological polar surface area (TPSA) is 77.0 Å². The molecule has 1 aliphatic heterocycles. The summed E-state index contributed by atoms with van der Waals surface area (Å²) in [5.74, 6) is 1.12. The lowest BCUT2D eigenvalue weighted by Crippen LogP contribution is -2.42. The van der Waals surface area contributed by atoms with Crippen molar-refractivity contribution in [1.29, 1.82) is 0 Å². The average molecular weight is 472 g/mol. The van der Waals surface area contributed by atoms with E-state index in [4.69, 9.17) is 0 Å². The number of nitrogens with one attached hydrogen (secondary N) is 1. The van der Waals surface area contributed by atoms with Crippen molar-refractivity contribution in [2.24, 2.45) is 4.99 Å². The number of piperidine rings is 1. The van der Waals surface area contributed by atoms with Crippen LogP contribution < -0.4 is 10.2 Å². The molecule has 0 aliphatic carbocycles. The number of anilines is 2. The third kappa shape index (κ3) is 5.84. The lowest BCUT2D eigenvalue weighted by Gasteiger charge is -2.35. The molecule has 35 heavy (non-hydrogen) atoms. The van der Waals surface area contributed by atoms with Crippen LogP contribution in [0.3, 0.4) is 0 Å². The molecule has 3 aromatic rings. The standard InChI is InChI=1S/C27H33N7O/c1-28-24(18-32(2)3)19-6-7-21-17-30-25(15-22(21)14-19)31-27(35)20-8-11-29-26(16-20)34-12-9-23(10-13-34)33(4)5/h6-8,11,14-18,23H,1,9-10,12-13H2,2-5H3,(H,30,31,35)/b24-18-. The molecule has 0 radical (unpaired) electrons. The van der Waals surface area contributed by atoms with Gasteiger partial charge in [-0.3, -0.25) is 9.79 Å². The van der Waals surface area contributed by atoms with E-state index in [0.717, 1.165) is 53.8 Å². The van der Waals surface area contributed by atoms with Gasteiger partial charge in [0.2, 0.25) is 0 Å². The molecule has 0 saturated carbocycles. The van der Waals surface area contributed by atoms with Crippen molar-refractivity contribution in [2.75, 3.05) is 51.5 Å². The zero-order valence-electron chi connectivity index (χ0n) is 20.9. The number of nitrogens with zero attached hydrogens (tertiary/aromatic N) is 6. The van der Waals surface area contributed by atoms with Crippen molar-refractivity contribution in [3.05, 3.63) is 66.1 Å². The lowest BCUT2D eigenvalue weighted by atomic mass is 10.0. The first kappa shape index (κ1) is 24.3. The van der Waals surface area contributed by atoms with Crippen molar-refractivity contribution >= 4 is 40.7 Å². The van der Waals surface area contributed by atoms with Gasteiger partial charge < -0.3 is 20.0 Å². The average Bonchev–Trinajstić information content (AvgIpc) is 2.86. The quantitative estimate of drug-likeness (QED) is 0.526. The van der Waals surface area contributed by atoms with E-state index in [1.54, 1.807) is 18.5 Å². The predicted octanol–water partition coefficient (Wildman–Crippen LogP) is 3.97. The van der Waals surface area contributed by atoms with E-state index in [0.29, 0.717) is 17.4 Å². The Labute approximate surface area is 207 Å². The summed E-state index contributed by atoms with van der Waals surface area (Å²) >= 11 is 0. The van der Waals surface area contributed by atoms with Crippen LogP contribution in [0.2, 0.25) is 0 Å². The predicted molar refractivity (Wildman–Crippen MR) is 144 cm³/mol. The van der Waals surface area contributed by atoms with Crippen LogP contribution in [0.25, 0.3) is 16.5 Å². The SMILES string of the molecule is C=N/C(=C\N(C)C)c1ccc2cnc(NC(=O)c3ccnc(N4CCC(N(C)C)CC4)c3)cc2c1. The van der Waals surface area contributed by atoms with Gasteiger partial charge in [-0.2, -0.15) is 0 Å². The number of aliphatic imine (C=N–C) groups is 1. The highest BCUT2D eigenvalue weighted by Crippen LogP contribution is 2.24. The van der Waals surface area contributed by atoms with Gasteiger partial charge in [0.1, 0.15) is 11.6 Å². The Bertz CT molecular complexity index is 1240. The maximum absolute atomic E-state index is 13.0. The van der Waals surface area contributed by atoms with Gasteiger partial charge >= 0.3 is 0 Å². The maximum Gasteiger partial charge on any atom is 0.257 e. The molecule has 8 nitrogen and oxygen atoms in total. The van der Waals surface area contributed by atoms with Crippen LogP contribution >= 0.6 is 0 Å². The minimum atomic E-state index is -0.208. The van der Waals surface area contributed by atoms with Crippen molar-refractivity contribution in [1.82, 2.24) is 19.8 Å². The molecule has 4 rings (SSSR count). The fraction of sp³-hybridized carbons (Fsp3) is 0.333. The smallest absolute Gasteiger partial charge is 0.257 e. The van der Waals surface area contributed by atoms with Crippen molar-refractivity contribution in [3.63, 3.8) is 0 Å². The second kappa shape index (κ2) is 10.7.